The van der Waals surface area contributed by atoms with Gasteiger partial charge in [-0.25, -0.2) is 4.98 Å². The molecule has 0 aliphatic carbocycles. The van der Waals surface area contributed by atoms with Crippen LogP contribution in [-0.4, -0.2) is 26.7 Å². The van der Waals surface area contributed by atoms with E-state index in [4.69, 9.17) is 4.74 Å². The van der Waals surface area contributed by atoms with Gasteiger partial charge in [0.1, 0.15) is 11.3 Å². The molecule has 0 spiro atoms. The predicted octanol–water partition coefficient (Wildman–Crippen LogP) is 4.76. The molecule has 0 saturated carbocycles. The normalized spacial score (nSPS) is 21.1. The van der Waals surface area contributed by atoms with E-state index < -0.39 is 5.44 Å². The maximum atomic E-state index is 10.8. The summed E-state index contributed by atoms with van der Waals surface area (Å²) in [6, 6.07) is 18.6. The summed E-state index contributed by atoms with van der Waals surface area (Å²) in [5, 5.41) is 10.8. The summed E-state index contributed by atoms with van der Waals surface area (Å²) < 4.78 is 7.98. The van der Waals surface area contributed by atoms with E-state index in [2.05, 4.69) is 41.4 Å². The van der Waals surface area contributed by atoms with E-state index in [-0.39, 0.29) is 12.0 Å². The topological polar surface area (TPSA) is 47.3 Å². The molecule has 0 bridgehead atoms. The molecular formula is C22H24N2O2S. The summed E-state index contributed by atoms with van der Waals surface area (Å²) in [5.41, 5.74) is 1.85. The van der Waals surface area contributed by atoms with Crippen molar-refractivity contribution in [3.63, 3.8) is 0 Å². The first-order valence-corrected chi connectivity index (χ1v) is 10.2. The number of hydrogen-bond acceptors (Lipinski definition) is 4. The number of aryl methyl sites for hydroxylation is 1. The fourth-order valence-corrected chi connectivity index (χ4v) is 4.57. The minimum absolute atomic E-state index is 0.0757. The summed E-state index contributed by atoms with van der Waals surface area (Å²) in [7, 11) is 0. The molecule has 4 rings (SSSR count). The second-order valence-electron chi connectivity index (χ2n) is 6.90. The maximum Gasteiger partial charge on any atom is 0.110 e. The Morgan fingerprint density at radius 3 is 2.63 bits per heavy atom. The first kappa shape index (κ1) is 18.3. The van der Waals surface area contributed by atoms with E-state index in [1.165, 1.54) is 17.3 Å². The van der Waals surface area contributed by atoms with Crippen LogP contribution in [0.3, 0.4) is 0 Å². The smallest absolute Gasteiger partial charge is 0.110 e. The zero-order valence-corrected chi connectivity index (χ0v) is 16.2. The zero-order chi connectivity index (χ0) is 18.6. The molecule has 5 heteroatoms. The SMILES string of the molecule is Cc1nccn1-c1ccc(SC(O)C2CCOC(c3ccccc3)C2)cc1. The Hall–Kier alpha value is -2.08. The van der Waals surface area contributed by atoms with Crippen molar-refractivity contribution >= 4 is 11.8 Å². The van der Waals surface area contributed by atoms with Gasteiger partial charge in [0.2, 0.25) is 0 Å². The van der Waals surface area contributed by atoms with Crippen LogP contribution in [0, 0.1) is 12.8 Å². The summed E-state index contributed by atoms with van der Waals surface area (Å²) in [6.07, 6.45) is 5.58. The molecule has 27 heavy (non-hydrogen) atoms. The van der Waals surface area contributed by atoms with E-state index in [0.29, 0.717) is 6.61 Å². The highest BCUT2D eigenvalue weighted by Gasteiger charge is 2.29. The van der Waals surface area contributed by atoms with Gasteiger partial charge in [-0.3, -0.25) is 0 Å². The Morgan fingerprint density at radius 1 is 1.15 bits per heavy atom. The van der Waals surface area contributed by atoms with Gasteiger partial charge in [-0.1, -0.05) is 42.1 Å². The average Bonchev–Trinajstić information content (AvgIpc) is 3.15. The van der Waals surface area contributed by atoms with Crippen LogP contribution in [0.2, 0.25) is 0 Å². The van der Waals surface area contributed by atoms with Crippen molar-refractivity contribution in [1.29, 1.82) is 0 Å². The molecule has 3 atom stereocenters. The first-order valence-electron chi connectivity index (χ1n) is 9.32. The fourth-order valence-electron chi connectivity index (χ4n) is 3.55. The van der Waals surface area contributed by atoms with Gasteiger partial charge in [-0.2, -0.15) is 0 Å². The minimum atomic E-state index is -0.430. The molecule has 2 heterocycles. The van der Waals surface area contributed by atoms with Gasteiger partial charge in [0.25, 0.3) is 0 Å². The molecule has 3 unspecified atom stereocenters. The third-order valence-corrected chi connectivity index (χ3v) is 6.27. The Balaban J connectivity index is 1.40. The molecule has 1 saturated heterocycles. The number of benzene rings is 2. The van der Waals surface area contributed by atoms with Gasteiger partial charge >= 0.3 is 0 Å². The average molecular weight is 381 g/mol. The molecule has 140 valence electrons. The van der Waals surface area contributed by atoms with Gasteiger partial charge < -0.3 is 14.4 Å². The van der Waals surface area contributed by atoms with Crippen LogP contribution in [0.4, 0.5) is 0 Å². The number of aromatic nitrogens is 2. The molecule has 4 nitrogen and oxygen atoms in total. The van der Waals surface area contributed by atoms with Crippen molar-refractivity contribution in [3.05, 3.63) is 78.4 Å². The zero-order valence-electron chi connectivity index (χ0n) is 15.4. The van der Waals surface area contributed by atoms with Crippen LogP contribution in [0.1, 0.15) is 30.3 Å². The van der Waals surface area contributed by atoms with Crippen LogP contribution in [0.25, 0.3) is 5.69 Å². The van der Waals surface area contributed by atoms with E-state index >= 15 is 0 Å². The number of thioether (sulfide) groups is 1. The van der Waals surface area contributed by atoms with Crippen molar-refractivity contribution in [2.45, 2.75) is 36.2 Å². The molecule has 2 aromatic carbocycles. The highest BCUT2D eigenvalue weighted by Crippen LogP contribution is 2.38. The predicted molar refractivity (Wildman–Crippen MR) is 108 cm³/mol. The van der Waals surface area contributed by atoms with Crippen molar-refractivity contribution in [2.24, 2.45) is 5.92 Å². The summed E-state index contributed by atoms with van der Waals surface area (Å²) in [5.74, 6) is 1.19. The fraction of sp³-hybridized carbons (Fsp3) is 0.318. The molecule has 1 aromatic heterocycles. The number of ether oxygens (including phenoxy) is 1. The molecule has 0 radical (unpaired) electrons. The Kier molecular flexibility index (Phi) is 5.62. The lowest BCUT2D eigenvalue weighted by molar-refractivity contribution is -0.0281. The van der Waals surface area contributed by atoms with Crippen molar-refractivity contribution in [2.75, 3.05) is 6.61 Å². The number of imidazole rings is 1. The largest absolute Gasteiger partial charge is 0.382 e. The number of hydrogen-bond donors (Lipinski definition) is 1. The van der Waals surface area contributed by atoms with E-state index in [9.17, 15) is 5.11 Å². The lowest BCUT2D eigenvalue weighted by Crippen LogP contribution is -2.27. The number of aliphatic hydroxyl groups excluding tert-OH is 1. The van der Waals surface area contributed by atoms with E-state index in [1.807, 2.05) is 35.9 Å². The van der Waals surface area contributed by atoms with E-state index in [0.717, 1.165) is 29.2 Å². The minimum Gasteiger partial charge on any atom is -0.382 e. The summed E-state index contributed by atoms with van der Waals surface area (Å²) in [4.78, 5) is 5.34. The molecular weight excluding hydrogens is 356 g/mol. The van der Waals surface area contributed by atoms with Gasteiger partial charge in [0.15, 0.2) is 0 Å². The monoisotopic (exact) mass is 380 g/mol. The Bertz CT molecular complexity index is 864. The summed E-state index contributed by atoms with van der Waals surface area (Å²) >= 11 is 1.53. The molecule has 1 N–H and O–H groups in total. The van der Waals surface area contributed by atoms with E-state index in [1.54, 1.807) is 6.20 Å². The summed E-state index contributed by atoms with van der Waals surface area (Å²) in [6.45, 7) is 2.68. The van der Waals surface area contributed by atoms with Crippen LogP contribution in [-0.2, 0) is 4.74 Å². The Morgan fingerprint density at radius 2 is 1.93 bits per heavy atom. The maximum absolute atomic E-state index is 10.8. The number of rotatable bonds is 5. The molecule has 1 aliphatic heterocycles. The van der Waals surface area contributed by atoms with Crippen molar-refractivity contribution < 1.29 is 9.84 Å². The van der Waals surface area contributed by atoms with Crippen LogP contribution < -0.4 is 0 Å². The van der Waals surface area contributed by atoms with Crippen molar-refractivity contribution in [1.82, 2.24) is 9.55 Å². The number of aliphatic hydroxyl groups is 1. The van der Waals surface area contributed by atoms with Gasteiger partial charge in [-0.15, -0.1) is 0 Å². The van der Waals surface area contributed by atoms with Crippen LogP contribution in [0.15, 0.2) is 71.9 Å². The van der Waals surface area contributed by atoms with Gasteiger partial charge in [0.05, 0.1) is 6.10 Å². The highest BCUT2D eigenvalue weighted by molar-refractivity contribution is 7.99. The van der Waals surface area contributed by atoms with Gasteiger partial charge in [0, 0.05) is 29.6 Å². The molecule has 1 fully saturated rings. The number of nitrogens with zero attached hydrogens (tertiary/aromatic N) is 2. The van der Waals surface area contributed by atoms with Crippen LogP contribution >= 0.6 is 11.8 Å². The highest BCUT2D eigenvalue weighted by atomic mass is 32.2. The lowest BCUT2D eigenvalue weighted by atomic mass is 9.92. The standard InChI is InChI=1S/C22H24N2O2S/c1-16-23-12-13-24(16)19-7-9-20(10-8-19)27-22(25)18-11-14-26-21(15-18)17-5-3-2-4-6-17/h2-10,12-13,18,21-22,25H,11,14-15H2,1H3. The third-order valence-electron chi connectivity index (χ3n) is 5.10. The first-order chi connectivity index (χ1) is 13.2. The Labute approximate surface area is 164 Å². The van der Waals surface area contributed by atoms with Gasteiger partial charge in [-0.05, 0) is 55.5 Å². The molecule has 1 aliphatic rings. The van der Waals surface area contributed by atoms with Crippen LogP contribution in [0.5, 0.6) is 0 Å². The lowest BCUT2D eigenvalue weighted by Gasteiger charge is -2.32. The van der Waals surface area contributed by atoms with Crippen molar-refractivity contribution in [3.8, 4) is 5.69 Å². The molecule has 3 aromatic rings. The quantitative estimate of drug-likeness (QED) is 0.512. The second kappa shape index (κ2) is 8.30. The second-order valence-corrected chi connectivity index (χ2v) is 8.09. The molecule has 0 amide bonds. The third kappa shape index (κ3) is 4.26.